The summed E-state index contributed by atoms with van der Waals surface area (Å²) in [6.45, 7) is 4.51. The molecule has 2 aliphatic heterocycles. The summed E-state index contributed by atoms with van der Waals surface area (Å²) in [5.41, 5.74) is 1.28. The van der Waals surface area contributed by atoms with Crippen LogP contribution in [0.15, 0.2) is 47.4 Å². The van der Waals surface area contributed by atoms with Crippen LogP contribution >= 0.6 is 0 Å². The Bertz CT molecular complexity index is 816. The van der Waals surface area contributed by atoms with Gasteiger partial charge in [-0.15, -0.1) is 0 Å². The van der Waals surface area contributed by atoms with Crippen molar-refractivity contribution in [3.05, 3.63) is 48.6 Å². The van der Waals surface area contributed by atoms with Gasteiger partial charge in [-0.05, 0) is 31.4 Å². The quantitative estimate of drug-likeness (QED) is 0.755. The highest BCUT2D eigenvalue weighted by Crippen LogP contribution is 2.41. The molecular formula is C21H25F3N2O5. The number of halogens is 3. The molecule has 2 unspecified atom stereocenters. The first-order chi connectivity index (χ1) is 14.8. The Morgan fingerprint density at radius 2 is 2.16 bits per heavy atom. The number of alkyl halides is 3. The lowest BCUT2D eigenvalue weighted by atomic mass is 9.73. The van der Waals surface area contributed by atoms with E-state index in [4.69, 9.17) is 23.8 Å². The number of likely N-dealkylation sites (tertiary alicyclic amines) is 1. The van der Waals surface area contributed by atoms with Crippen molar-refractivity contribution in [2.75, 3.05) is 26.3 Å². The molecule has 0 aliphatic carbocycles. The predicted octanol–water partition coefficient (Wildman–Crippen LogP) is 3.76. The number of furan rings is 1. The molecule has 170 valence electrons. The van der Waals surface area contributed by atoms with Crippen LogP contribution in [0, 0.1) is 5.41 Å². The molecule has 4 heterocycles. The summed E-state index contributed by atoms with van der Waals surface area (Å²) in [7, 11) is 0. The van der Waals surface area contributed by atoms with Gasteiger partial charge in [-0.25, -0.2) is 9.78 Å². The Hall–Kier alpha value is -2.59. The standard InChI is InChI=1S/C19H24N2O3.C2HF3O2/c1-2-8-20-18(4-1)24-15-19-7-3-10-23-17(19)5-9-21(14-19)12-16-6-11-22-13-16;3-2(4,5)1(6)7/h1-2,4,6,8,11,13,17H,3,5,7,9-10,12,14-15H2;(H,6,7). The highest BCUT2D eigenvalue weighted by Gasteiger charge is 2.46. The number of nitrogens with zero attached hydrogens (tertiary/aromatic N) is 2. The van der Waals surface area contributed by atoms with Crippen LogP contribution in [0.1, 0.15) is 24.8 Å². The van der Waals surface area contributed by atoms with E-state index in [1.807, 2.05) is 30.5 Å². The summed E-state index contributed by atoms with van der Waals surface area (Å²) in [5, 5.41) is 7.12. The van der Waals surface area contributed by atoms with Gasteiger partial charge in [-0.3, -0.25) is 4.90 Å². The van der Waals surface area contributed by atoms with Crippen molar-refractivity contribution in [3.63, 3.8) is 0 Å². The summed E-state index contributed by atoms with van der Waals surface area (Å²) in [4.78, 5) is 15.7. The van der Waals surface area contributed by atoms with E-state index in [1.165, 1.54) is 5.56 Å². The first kappa shape index (κ1) is 23.1. The van der Waals surface area contributed by atoms with Gasteiger partial charge < -0.3 is 19.0 Å². The largest absolute Gasteiger partial charge is 0.490 e. The van der Waals surface area contributed by atoms with Gasteiger partial charge in [-0.1, -0.05) is 6.07 Å². The van der Waals surface area contributed by atoms with E-state index in [0.29, 0.717) is 12.5 Å². The maximum Gasteiger partial charge on any atom is 0.490 e. The van der Waals surface area contributed by atoms with Crippen LogP contribution < -0.4 is 4.74 Å². The number of rotatable bonds is 5. The second-order valence-electron chi connectivity index (χ2n) is 7.72. The van der Waals surface area contributed by atoms with Gasteiger partial charge in [0.2, 0.25) is 5.88 Å². The molecule has 0 bridgehead atoms. The molecule has 7 nitrogen and oxygen atoms in total. The number of fused-ring (bicyclic) bond motifs is 1. The summed E-state index contributed by atoms with van der Waals surface area (Å²) >= 11 is 0. The van der Waals surface area contributed by atoms with Crippen LogP contribution in [0.2, 0.25) is 0 Å². The summed E-state index contributed by atoms with van der Waals surface area (Å²) in [6.07, 6.45) is 3.85. The van der Waals surface area contributed by atoms with Gasteiger partial charge in [0.25, 0.3) is 0 Å². The van der Waals surface area contributed by atoms with Crippen LogP contribution in [0.3, 0.4) is 0 Å². The summed E-state index contributed by atoms with van der Waals surface area (Å²) in [6, 6.07) is 7.83. The molecule has 2 atom stereocenters. The topological polar surface area (TPSA) is 85.0 Å². The van der Waals surface area contributed by atoms with E-state index in [9.17, 15) is 13.2 Å². The Balaban J connectivity index is 0.000000339. The van der Waals surface area contributed by atoms with Gasteiger partial charge in [0, 0.05) is 49.5 Å². The lowest BCUT2D eigenvalue weighted by Gasteiger charge is -2.50. The summed E-state index contributed by atoms with van der Waals surface area (Å²) < 4.78 is 49.1. The molecule has 0 aromatic carbocycles. The first-order valence-electron chi connectivity index (χ1n) is 9.97. The van der Waals surface area contributed by atoms with Crippen LogP contribution in [-0.2, 0) is 16.1 Å². The molecule has 4 rings (SSSR count). The average Bonchev–Trinajstić information content (AvgIpc) is 3.26. The van der Waals surface area contributed by atoms with Crippen LogP contribution in [0.25, 0.3) is 0 Å². The molecular weight excluding hydrogens is 417 g/mol. The van der Waals surface area contributed by atoms with Crippen molar-refractivity contribution in [1.82, 2.24) is 9.88 Å². The number of carboxylic acids is 1. The Morgan fingerprint density at radius 3 is 2.81 bits per heavy atom. The fourth-order valence-corrected chi connectivity index (χ4v) is 4.02. The molecule has 0 spiro atoms. The van der Waals surface area contributed by atoms with Gasteiger partial charge in [0.15, 0.2) is 0 Å². The zero-order chi connectivity index (χ0) is 22.3. The van der Waals surface area contributed by atoms with E-state index >= 15 is 0 Å². The third kappa shape index (κ3) is 6.44. The number of aliphatic carboxylic acids is 1. The van der Waals surface area contributed by atoms with Crippen molar-refractivity contribution >= 4 is 5.97 Å². The zero-order valence-electron chi connectivity index (χ0n) is 16.9. The number of pyridine rings is 1. The fraction of sp³-hybridized carbons (Fsp3) is 0.524. The van der Waals surface area contributed by atoms with Crippen LogP contribution in [0.5, 0.6) is 5.88 Å². The molecule has 31 heavy (non-hydrogen) atoms. The van der Waals surface area contributed by atoms with E-state index in [2.05, 4.69) is 9.88 Å². The van der Waals surface area contributed by atoms with Crippen LogP contribution in [-0.4, -0.2) is 59.5 Å². The normalized spacial score (nSPS) is 23.9. The Morgan fingerprint density at radius 1 is 1.35 bits per heavy atom. The monoisotopic (exact) mass is 442 g/mol. The second-order valence-corrected chi connectivity index (χ2v) is 7.72. The SMILES string of the molecule is O=C(O)C(F)(F)F.c1ccc(OCC23CCCOC2CCN(Cc2ccoc2)C3)nc1. The minimum absolute atomic E-state index is 0.0533. The van der Waals surface area contributed by atoms with Gasteiger partial charge in [-0.2, -0.15) is 13.2 Å². The van der Waals surface area contributed by atoms with Gasteiger partial charge >= 0.3 is 12.1 Å². The van der Waals surface area contributed by atoms with Crippen LogP contribution in [0.4, 0.5) is 13.2 Å². The molecule has 2 aromatic rings. The molecule has 2 saturated heterocycles. The smallest absolute Gasteiger partial charge is 0.477 e. The number of piperidine rings is 1. The van der Waals surface area contributed by atoms with Crippen molar-refractivity contribution in [3.8, 4) is 5.88 Å². The van der Waals surface area contributed by atoms with E-state index in [0.717, 1.165) is 45.5 Å². The molecule has 0 radical (unpaired) electrons. The summed E-state index contributed by atoms with van der Waals surface area (Å²) in [5.74, 6) is -2.06. The van der Waals surface area contributed by atoms with Gasteiger partial charge in [0.05, 0.1) is 25.2 Å². The highest BCUT2D eigenvalue weighted by atomic mass is 19.4. The van der Waals surface area contributed by atoms with Crippen molar-refractivity contribution in [1.29, 1.82) is 0 Å². The fourth-order valence-electron chi connectivity index (χ4n) is 4.02. The zero-order valence-corrected chi connectivity index (χ0v) is 16.9. The molecule has 1 N–H and O–H groups in total. The third-order valence-electron chi connectivity index (χ3n) is 5.44. The second kappa shape index (κ2) is 10.1. The first-order valence-corrected chi connectivity index (χ1v) is 9.97. The predicted molar refractivity (Wildman–Crippen MR) is 103 cm³/mol. The number of ether oxygens (including phenoxy) is 2. The average molecular weight is 442 g/mol. The number of carbonyl (C=O) groups is 1. The molecule has 2 fully saturated rings. The number of carboxylic acid groups (broad SMARTS) is 1. The maximum atomic E-state index is 10.6. The number of hydrogen-bond acceptors (Lipinski definition) is 6. The Labute approximate surface area is 177 Å². The Kier molecular flexibility index (Phi) is 7.55. The van der Waals surface area contributed by atoms with Gasteiger partial charge in [0.1, 0.15) is 0 Å². The molecule has 0 saturated carbocycles. The van der Waals surface area contributed by atoms with Crippen molar-refractivity contribution < 1.29 is 37.0 Å². The lowest BCUT2D eigenvalue weighted by Crippen LogP contribution is -2.57. The highest BCUT2D eigenvalue weighted by molar-refractivity contribution is 5.73. The minimum atomic E-state index is -5.08. The van der Waals surface area contributed by atoms with Crippen molar-refractivity contribution in [2.24, 2.45) is 5.41 Å². The molecule has 2 aliphatic rings. The third-order valence-corrected chi connectivity index (χ3v) is 5.44. The number of aromatic nitrogens is 1. The van der Waals surface area contributed by atoms with E-state index < -0.39 is 12.1 Å². The molecule has 10 heteroatoms. The van der Waals surface area contributed by atoms with E-state index in [-0.39, 0.29) is 11.5 Å². The lowest BCUT2D eigenvalue weighted by molar-refractivity contribution is -0.192. The van der Waals surface area contributed by atoms with E-state index in [1.54, 1.807) is 12.5 Å². The maximum absolute atomic E-state index is 10.6. The molecule has 2 aromatic heterocycles. The minimum Gasteiger partial charge on any atom is -0.477 e. The van der Waals surface area contributed by atoms with Crippen molar-refractivity contribution in [2.45, 2.75) is 38.1 Å². The number of hydrogen-bond donors (Lipinski definition) is 1. The molecule has 0 amide bonds.